The average Bonchev–Trinajstić information content (AvgIpc) is 3.33. The summed E-state index contributed by atoms with van der Waals surface area (Å²) in [5, 5.41) is 3.82. The minimum atomic E-state index is -1.55. The second kappa shape index (κ2) is 12.6. The van der Waals surface area contributed by atoms with Gasteiger partial charge in [0.15, 0.2) is 0 Å². The number of aryl methyl sites for hydroxylation is 2. The van der Waals surface area contributed by atoms with Crippen molar-refractivity contribution in [1.29, 1.82) is 0 Å². The van der Waals surface area contributed by atoms with Crippen molar-refractivity contribution >= 4 is 35.2 Å². The maximum Gasteiger partial charge on any atom is 0.120 e. The van der Waals surface area contributed by atoms with Gasteiger partial charge in [-0.2, -0.15) is 0 Å². The minimum Gasteiger partial charge on any atom is -0.501 e. The number of furan rings is 1. The van der Waals surface area contributed by atoms with Gasteiger partial charge >= 0.3 is 0 Å². The fraction of sp³-hybridized carbons (Fsp3) is 0.222. The Morgan fingerprint density at radius 1 is 0.829 bits per heavy atom. The zero-order valence-electron chi connectivity index (χ0n) is 24.8. The van der Waals surface area contributed by atoms with Gasteiger partial charge in [0.05, 0.1) is 5.58 Å². The van der Waals surface area contributed by atoms with Crippen LogP contribution in [0, 0.1) is 26.0 Å². The molecule has 0 aliphatic heterocycles. The summed E-state index contributed by atoms with van der Waals surface area (Å²) in [6, 6.07) is 31.3. The van der Waals surface area contributed by atoms with Gasteiger partial charge in [-0.1, -0.05) is 80.8 Å². The molecule has 0 bridgehead atoms. The monoisotopic (exact) mass is 733 g/mol. The van der Waals surface area contributed by atoms with Gasteiger partial charge in [0.1, 0.15) is 5.58 Å². The maximum atomic E-state index is 6.36. The molecule has 0 atom stereocenters. The van der Waals surface area contributed by atoms with Gasteiger partial charge in [-0.15, -0.1) is 53.2 Å². The summed E-state index contributed by atoms with van der Waals surface area (Å²) < 4.78 is 6.36. The predicted octanol–water partition coefficient (Wildman–Crippen LogP) is 9.28. The first-order valence-electron chi connectivity index (χ1n) is 13.9. The third kappa shape index (κ3) is 6.59. The smallest absolute Gasteiger partial charge is 0.120 e. The van der Waals surface area contributed by atoms with E-state index in [1.54, 1.807) is 0 Å². The van der Waals surface area contributed by atoms with Crippen LogP contribution in [0.2, 0.25) is 19.6 Å². The molecule has 6 aromatic rings. The number of hydrogen-bond donors (Lipinski definition) is 0. The summed E-state index contributed by atoms with van der Waals surface area (Å²) in [4.78, 5) is 9.04. The van der Waals surface area contributed by atoms with Gasteiger partial charge in [-0.3, -0.25) is 0 Å². The van der Waals surface area contributed by atoms with E-state index in [0.29, 0.717) is 5.92 Å². The van der Waals surface area contributed by atoms with E-state index in [2.05, 4.69) is 93.9 Å². The van der Waals surface area contributed by atoms with E-state index in [9.17, 15) is 0 Å². The molecule has 6 rings (SSSR count). The fourth-order valence-corrected chi connectivity index (χ4v) is 6.53. The Hall–Kier alpha value is -3.37. The van der Waals surface area contributed by atoms with Crippen LogP contribution in [-0.4, -0.2) is 18.0 Å². The Morgan fingerprint density at radius 3 is 2.22 bits per heavy atom. The number of pyridine rings is 2. The van der Waals surface area contributed by atoms with Crippen molar-refractivity contribution in [1.82, 2.24) is 9.97 Å². The molecule has 0 aliphatic carbocycles. The van der Waals surface area contributed by atoms with Crippen LogP contribution in [0.5, 0.6) is 0 Å². The number of hydrogen-bond acceptors (Lipinski definition) is 3. The summed E-state index contributed by atoms with van der Waals surface area (Å²) in [5.74, 6) is 0.458. The summed E-state index contributed by atoms with van der Waals surface area (Å²) >= 11 is 0. The first-order chi connectivity index (χ1) is 19.1. The van der Waals surface area contributed by atoms with Crippen LogP contribution in [0.25, 0.3) is 44.5 Å². The molecule has 0 unspecified atom stereocenters. The van der Waals surface area contributed by atoms with E-state index in [4.69, 9.17) is 9.40 Å². The maximum absolute atomic E-state index is 6.36. The van der Waals surface area contributed by atoms with Gasteiger partial charge < -0.3 is 14.4 Å². The molecule has 3 aromatic heterocycles. The summed E-state index contributed by atoms with van der Waals surface area (Å²) in [6.07, 6.45) is 3.84. The van der Waals surface area contributed by atoms with Crippen LogP contribution in [0.3, 0.4) is 0 Å². The van der Waals surface area contributed by atoms with E-state index in [0.717, 1.165) is 33.7 Å². The zero-order valence-corrected chi connectivity index (χ0v) is 28.2. The average molecular weight is 733 g/mol. The number of aromatic nitrogens is 2. The minimum absolute atomic E-state index is 0. The SMILES string of the molecule is Cc1ccc(-c2[c-]cccc2)nc1.Cc1cnc(-c2[c-]cc([Si](C)(C)C)c3c2oc2ccccc23)cc1C(C)C.[Ir]. The summed E-state index contributed by atoms with van der Waals surface area (Å²) in [6.45, 7) is 15.7. The topological polar surface area (TPSA) is 38.9 Å². The number of rotatable bonds is 4. The standard InChI is InChI=1S/C24H26NOSi.C12H10N.Ir/c1-15(2)19-13-20(25-14-16(19)3)17-11-12-22(27(4,5)6)23-18-9-7-8-10-21(18)26-24(17)23;1-10-7-8-12(13-9-10)11-5-3-2-4-6-11;/h7-10,12-15H,1-6H3;2-5,7-9H,1H3;/q2*-1;. The third-order valence-electron chi connectivity index (χ3n) is 7.18. The van der Waals surface area contributed by atoms with Crippen molar-refractivity contribution < 1.29 is 24.5 Å². The molecule has 0 aliphatic rings. The molecule has 41 heavy (non-hydrogen) atoms. The molecule has 0 saturated carbocycles. The van der Waals surface area contributed by atoms with Crippen molar-refractivity contribution in [3.05, 3.63) is 114 Å². The predicted molar refractivity (Wildman–Crippen MR) is 171 cm³/mol. The van der Waals surface area contributed by atoms with Crippen molar-refractivity contribution in [2.75, 3.05) is 0 Å². The van der Waals surface area contributed by atoms with Crippen LogP contribution in [0.1, 0.15) is 36.5 Å². The Morgan fingerprint density at radius 2 is 1.56 bits per heavy atom. The number of nitrogens with zero attached hydrogens (tertiary/aromatic N) is 2. The molecule has 211 valence electrons. The molecular formula is C36H36IrN2OSi-2. The second-order valence-electron chi connectivity index (χ2n) is 11.7. The van der Waals surface area contributed by atoms with Crippen molar-refractivity contribution in [3.63, 3.8) is 0 Å². The van der Waals surface area contributed by atoms with E-state index in [1.807, 2.05) is 55.7 Å². The van der Waals surface area contributed by atoms with Gasteiger partial charge in [-0.25, -0.2) is 0 Å². The second-order valence-corrected chi connectivity index (χ2v) is 16.7. The van der Waals surface area contributed by atoms with E-state index in [1.165, 1.54) is 32.6 Å². The van der Waals surface area contributed by atoms with Crippen molar-refractivity contribution in [2.24, 2.45) is 0 Å². The number of benzene rings is 3. The summed E-state index contributed by atoms with van der Waals surface area (Å²) in [5.41, 5.74) is 9.51. The zero-order chi connectivity index (χ0) is 28.4. The normalized spacial score (nSPS) is 11.3. The van der Waals surface area contributed by atoms with Crippen LogP contribution >= 0.6 is 0 Å². The number of para-hydroxylation sites is 1. The van der Waals surface area contributed by atoms with E-state index >= 15 is 0 Å². The molecule has 0 spiro atoms. The van der Waals surface area contributed by atoms with Gasteiger partial charge in [0.2, 0.25) is 0 Å². The molecular weight excluding hydrogens is 697 g/mol. The Balaban J connectivity index is 0.000000233. The Kier molecular flexibility index (Phi) is 9.43. The van der Waals surface area contributed by atoms with Gasteiger partial charge in [0.25, 0.3) is 0 Å². The van der Waals surface area contributed by atoms with E-state index < -0.39 is 8.07 Å². The first kappa shape index (κ1) is 30.6. The molecule has 3 nitrogen and oxygen atoms in total. The van der Waals surface area contributed by atoms with Crippen LogP contribution in [0.4, 0.5) is 0 Å². The molecule has 3 aromatic carbocycles. The molecule has 0 N–H and O–H groups in total. The quantitative estimate of drug-likeness (QED) is 0.134. The van der Waals surface area contributed by atoms with Crippen molar-refractivity contribution in [3.8, 4) is 22.5 Å². The molecule has 1 radical (unpaired) electrons. The largest absolute Gasteiger partial charge is 0.501 e. The molecule has 0 fully saturated rings. The molecule has 3 heterocycles. The summed E-state index contributed by atoms with van der Waals surface area (Å²) in [7, 11) is -1.55. The molecule has 5 heteroatoms. The Labute approximate surface area is 258 Å². The number of fused-ring (bicyclic) bond motifs is 3. The third-order valence-corrected chi connectivity index (χ3v) is 9.19. The first-order valence-corrected chi connectivity index (χ1v) is 17.4. The molecule has 0 amide bonds. The van der Waals surface area contributed by atoms with E-state index in [-0.39, 0.29) is 20.1 Å². The van der Waals surface area contributed by atoms with Gasteiger partial charge in [0, 0.05) is 46.0 Å². The van der Waals surface area contributed by atoms with Crippen LogP contribution in [0.15, 0.2) is 89.6 Å². The van der Waals surface area contributed by atoms with Crippen LogP contribution in [-0.2, 0) is 20.1 Å². The van der Waals surface area contributed by atoms with Gasteiger partial charge in [-0.05, 0) is 53.9 Å². The molecule has 0 saturated heterocycles. The Bertz CT molecular complexity index is 1770. The fourth-order valence-electron chi connectivity index (χ4n) is 5.03. The van der Waals surface area contributed by atoms with Crippen molar-refractivity contribution in [2.45, 2.75) is 53.3 Å². The van der Waals surface area contributed by atoms with Crippen LogP contribution < -0.4 is 5.19 Å².